The third-order valence-electron chi connectivity index (χ3n) is 7.96. The van der Waals surface area contributed by atoms with Crippen molar-refractivity contribution in [1.29, 1.82) is 0 Å². The fourth-order valence-corrected chi connectivity index (χ4v) is 5.91. The molecule has 1 saturated heterocycles. The molecule has 0 spiro atoms. The molecule has 13 nitrogen and oxygen atoms in total. The number of carbonyl (C=O) groups excluding carboxylic acids is 5. The van der Waals surface area contributed by atoms with Crippen molar-refractivity contribution in [3.63, 3.8) is 0 Å². The summed E-state index contributed by atoms with van der Waals surface area (Å²) in [5, 5.41) is 11.5. The average molecular weight is 658 g/mol. The van der Waals surface area contributed by atoms with Gasteiger partial charge >= 0.3 is 29.8 Å². The van der Waals surface area contributed by atoms with Crippen molar-refractivity contribution in [2.45, 2.75) is 76.3 Å². The first kappa shape index (κ1) is 32.9. The molecule has 2 heterocycles. The fraction of sp³-hybridized carbons (Fsp3) is 0.406. The fourth-order valence-electron chi connectivity index (χ4n) is 5.64. The lowest BCUT2D eigenvalue weighted by molar-refractivity contribution is -0.288. The number of halogens is 1. The summed E-state index contributed by atoms with van der Waals surface area (Å²) in [5.41, 5.74) is 1.88. The van der Waals surface area contributed by atoms with Crippen molar-refractivity contribution >= 4 is 52.4 Å². The Balaban J connectivity index is 1.48. The number of hydrogen-bond donors (Lipinski definition) is 2. The Morgan fingerprint density at radius 1 is 0.891 bits per heavy atom. The maximum Gasteiger partial charge on any atom is 0.342 e. The van der Waals surface area contributed by atoms with E-state index < -0.39 is 66.2 Å². The first-order valence-electron chi connectivity index (χ1n) is 14.4. The summed E-state index contributed by atoms with van der Waals surface area (Å²) in [6, 6.07) is 10.7. The molecular formula is C32H32ClNO12. The van der Waals surface area contributed by atoms with E-state index in [9.17, 15) is 29.1 Å². The Labute approximate surface area is 268 Å². The van der Waals surface area contributed by atoms with Gasteiger partial charge in [-0.3, -0.25) is 14.4 Å². The van der Waals surface area contributed by atoms with Gasteiger partial charge in [0, 0.05) is 43.4 Å². The molecule has 0 radical (unpaired) electrons. The van der Waals surface area contributed by atoms with Crippen LogP contribution in [-0.2, 0) is 53.2 Å². The van der Waals surface area contributed by atoms with Gasteiger partial charge in [-0.05, 0) is 42.5 Å². The Kier molecular flexibility index (Phi) is 9.38. The van der Waals surface area contributed by atoms with E-state index in [1.54, 1.807) is 12.1 Å². The monoisotopic (exact) mass is 657 g/mol. The van der Waals surface area contributed by atoms with E-state index in [1.807, 2.05) is 24.3 Å². The zero-order chi connectivity index (χ0) is 33.3. The summed E-state index contributed by atoms with van der Waals surface area (Å²) in [4.78, 5) is 65.4. The minimum atomic E-state index is -1.81. The van der Waals surface area contributed by atoms with E-state index >= 15 is 0 Å². The molecule has 244 valence electrons. The van der Waals surface area contributed by atoms with Gasteiger partial charge in [-0.25, -0.2) is 9.59 Å². The number of aromatic nitrogens is 1. The van der Waals surface area contributed by atoms with Crippen molar-refractivity contribution in [2.75, 3.05) is 7.11 Å². The molecule has 2 aromatic carbocycles. The summed E-state index contributed by atoms with van der Waals surface area (Å²) in [6.07, 6.45) is -4.66. The Morgan fingerprint density at radius 3 is 2.07 bits per heavy atom. The lowest BCUT2D eigenvalue weighted by atomic mass is 9.75. The normalized spacial score (nSPS) is 23.5. The molecule has 1 aliphatic heterocycles. The standard InChI is InChI=1S/C32H32ClNO12/c1-15(35)42-25-26(43-16(2)36)28(44-17(3)37)31(45-27(25)30(39)41-4)46-29(38)22-14-34-24-13-23(33)20(12-21(22)24)18-6-8-19(9-7-18)32(40)10-5-11-32/h6-9,12-14,25-28,31,34,40H,5,10-11H2,1-4H3/t25-,26-,27-,28+,31-/m0/s1. The number of methoxy groups -OCH3 is 1. The maximum absolute atomic E-state index is 13.6. The van der Waals surface area contributed by atoms with E-state index in [4.69, 9.17) is 40.0 Å². The summed E-state index contributed by atoms with van der Waals surface area (Å²) in [6.45, 7) is 3.16. The van der Waals surface area contributed by atoms with Crippen LogP contribution in [-0.4, -0.2) is 77.8 Å². The molecule has 5 rings (SSSR count). The van der Waals surface area contributed by atoms with E-state index in [0.717, 1.165) is 45.4 Å². The van der Waals surface area contributed by atoms with Crippen molar-refractivity contribution < 1.29 is 57.5 Å². The molecule has 3 aromatic rings. The molecule has 1 aliphatic carbocycles. The number of aromatic amines is 1. The van der Waals surface area contributed by atoms with Gasteiger partial charge in [-0.1, -0.05) is 35.9 Å². The van der Waals surface area contributed by atoms with Crippen LogP contribution in [0.4, 0.5) is 0 Å². The molecule has 2 N–H and O–H groups in total. The lowest BCUT2D eigenvalue weighted by Crippen LogP contribution is -2.64. The number of rotatable bonds is 8. The van der Waals surface area contributed by atoms with Crippen LogP contribution >= 0.6 is 11.6 Å². The minimum Gasteiger partial charge on any atom is -0.467 e. The molecule has 2 fully saturated rings. The van der Waals surface area contributed by atoms with Crippen LogP contribution in [0.3, 0.4) is 0 Å². The summed E-state index contributed by atoms with van der Waals surface area (Å²) in [7, 11) is 1.05. The number of carbonyl (C=O) groups is 5. The number of esters is 5. The van der Waals surface area contributed by atoms with Gasteiger partial charge in [-0.2, -0.15) is 0 Å². The van der Waals surface area contributed by atoms with Crippen molar-refractivity contribution in [3.05, 3.63) is 58.7 Å². The zero-order valence-corrected chi connectivity index (χ0v) is 26.1. The van der Waals surface area contributed by atoms with E-state index in [1.165, 1.54) is 6.20 Å². The topological polar surface area (TPSA) is 177 Å². The van der Waals surface area contributed by atoms with E-state index in [2.05, 4.69) is 4.98 Å². The third-order valence-corrected chi connectivity index (χ3v) is 8.27. The van der Waals surface area contributed by atoms with Crippen LogP contribution in [0.15, 0.2) is 42.6 Å². The predicted octanol–water partition coefficient (Wildman–Crippen LogP) is 3.71. The van der Waals surface area contributed by atoms with Crippen molar-refractivity contribution in [1.82, 2.24) is 4.98 Å². The van der Waals surface area contributed by atoms with Gasteiger partial charge in [-0.15, -0.1) is 0 Å². The Morgan fingerprint density at radius 2 is 1.50 bits per heavy atom. The highest BCUT2D eigenvalue weighted by molar-refractivity contribution is 6.34. The van der Waals surface area contributed by atoms with Gasteiger partial charge in [0.1, 0.15) is 0 Å². The SMILES string of the molecule is COC(=O)[C@H]1O[C@@H](OC(=O)c2c[nH]c3cc(Cl)c(-c4ccc(C5(O)CCC5)cc4)cc23)[C@H](OC(C)=O)[C@@H](OC(C)=O)[C@@H]1OC(C)=O. The average Bonchev–Trinajstić information content (AvgIpc) is 3.40. The van der Waals surface area contributed by atoms with Crippen molar-refractivity contribution in [3.8, 4) is 11.1 Å². The lowest BCUT2D eigenvalue weighted by Gasteiger charge is -2.42. The van der Waals surface area contributed by atoms with E-state index in [0.29, 0.717) is 34.3 Å². The Bertz CT molecular complexity index is 1680. The first-order valence-corrected chi connectivity index (χ1v) is 14.8. The predicted molar refractivity (Wildman–Crippen MR) is 159 cm³/mol. The largest absolute Gasteiger partial charge is 0.467 e. The van der Waals surface area contributed by atoms with Crippen LogP contribution in [0.2, 0.25) is 5.02 Å². The molecule has 0 bridgehead atoms. The van der Waals surface area contributed by atoms with Gasteiger partial charge in [0.2, 0.25) is 12.4 Å². The highest BCUT2D eigenvalue weighted by Gasteiger charge is 2.56. The molecule has 1 aromatic heterocycles. The molecule has 14 heteroatoms. The third kappa shape index (κ3) is 6.57. The zero-order valence-electron chi connectivity index (χ0n) is 25.4. The van der Waals surface area contributed by atoms with E-state index in [-0.39, 0.29) is 5.56 Å². The number of hydrogen-bond acceptors (Lipinski definition) is 12. The second-order valence-electron chi connectivity index (χ2n) is 11.1. The highest BCUT2D eigenvalue weighted by atomic mass is 35.5. The van der Waals surface area contributed by atoms with Gasteiger partial charge in [0.05, 0.1) is 23.3 Å². The van der Waals surface area contributed by atoms with Crippen molar-refractivity contribution in [2.24, 2.45) is 0 Å². The molecule has 2 aliphatic rings. The number of benzene rings is 2. The highest BCUT2D eigenvalue weighted by Crippen LogP contribution is 2.42. The van der Waals surface area contributed by atoms with Crippen LogP contribution in [0.5, 0.6) is 0 Å². The molecule has 0 amide bonds. The van der Waals surface area contributed by atoms with Gasteiger partial charge < -0.3 is 38.5 Å². The second kappa shape index (κ2) is 13.1. The number of nitrogens with one attached hydrogen (secondary N) is 1. The number of H-pyrrole nitrogens is 1. The number of fused-ring (bicyclic) bond motifs is 1. The number of ether oxygens (including phenoxy) is 6. The quantitative estimate of drug-likeness (QED) is 0.266. The first-order chi connectivity index (χ1) is 21.8. The molecular weight excluding hydrogens is 626 g/mol. The number of aliphatic hydroxyl groups is 1. The molecule has 46 heavy (non-hydrogen) atoms. The molecule has 1 saturated carbocycles. The van der Waals surface area contributed by atoms with Gasteiger partial charge in [0.15, 0.2) is 18.3 Å². The van der Waals surface area contributed by atoms with Crippen LogP contribution < -0.4 is 0 Å². The molecule has 5 atom stereocenters. The van der Waals surface area contributed by atoms with Crippen LogP contribution in [0.25, 0.3) is 22.0 Å². The Hall–Kier alpha value is -4.46. The minimum absolute atomic E-state index is 0.0410. The maximum atomic E-state index is 13.6. The van der Waals surface area contributed by atoms with Gasteiger partial charge in [0.25, 0.3) is 0 Å². The molecule has 0 unspecified atom stereocenters. The van der Waals surface area contributed by atoms with Crippen LogP contribution in [0, 0.1) is 0 Å². The summed E-state index contributed by atoms with van der Waals surface area (Å²) >= 11 is 6.61. The summed E-state index contributed by atoms with van der Waals surface area (Å²) in [5.74, 6) is -4.59. The smallest absolute Gasteiger partial charge is 0.342 e. The second-order valence-corrected chi connectivity index (χ2v) is 11.5. The van der Waals surface area contributed by atoms with Crippen LogP contribution in [0.1, 0.15) is 56.0 Å². The summed E-state index contributed by atoms with van der Waals surface area (Å²) < 4.78 is 32.0.